The van der Waals surface area contributed by atoms with Gasteiger partial charge in [0.05, 0.1) is 13.2 Å². The van der Waals surface area contributed by atoms with Gasteiger partial charge < -0.3 is 54.7 Å². The first-order valence-corrected chi connectivity index (χ1v) is 12.6. The summed E-state index contributed by atoms with van der Waals surface area (Å²) in [6.45, 7) is -0.889. The summed E-state index contributed by atoms with van der Waals surface area (Å²) in [5.41, 5.74) is 0. The molecule has 1 saturated carbocycles. The van der Waals surface area contributed by atoms with E-state index in [1.807, 2.05) is 0 Å². The maximum absolute atomic E-state index is 10.6. The minimum atomic E-state index is -1.69. The normalized spacial score (nSPS) is 42.1. The first-order valence-electron chi connectivity index (χ1n) is 12.6. The molecule has 3 rings (SSSR count). The van der Waals surface area contributed by atoms with Gasteiger partial charge in [0.25, 0.3) is 0 Å². The van der Waals surface area contributed by atoms with E-state index in [4.69, 9.17) is 18.9 Å². The molecule has 11 heteroatoms. The summed E-state index contributed by atoms with van der Waals surface area (Å²) in [6.07, 6.45) is -3.49. The molecule has 3 fully saturated rings. The SMILES string of the molecule is OC[C@@H]1O[C@@H](OCCCCCC2CCCCC2)[C@@H](O)[C@@H](O)[C@@H]1O[C@@H]1O[C@H](CO)[C@@H](O)[C@@H](O)[C@H]1O. The van der Waals surface area contributed by atoms with Crippen LogP contribution in [0.15, 0.2) is 0 Å². The van der Waals surface area contributed by atoms with Crippen molar-refractivity contribution in [2.24, 2.45) is 5.92 Å². The summed E-state index contributed by atoms with van der Waals surface area (Å²) in [6, 6.07) is 0. The molecule has 2 saturated heterocycles. The molecular formula is C23H42O11. The van der Waals surface area contributed by atoms with Crippen molar-refractivity contribution in [1.82, 2.24) is 0 Å². The minimum absolute atomic E-state index is 0.329. The van der Waals surface area contributed by atoms with E-state index in [0.717, 1.165) is 25.2 Å². The van der Waals surface area contributed by atoms with E-state index in [2.05, 4.69) is 0 Å². The van der Waals surface area contributed by atoms with Gasteiger partial charge in [-0.2, -0.15) is 0 Å². The first kappa shape index (κ1) is 28.1. The predicted octanol–water partition coefficient (Wildman–Crippen LogP) is -1.23. The van der Waals surface area contributed by atoms with Crippen LogP contribution in [0.5, 0.6) is 0 Å². The third-order valence-corrected chi connectivity index (χ3v) is 7.22. The van der Waals surface area contributed by atoms with Gasteiger partial charge in [0.15, 0.2) is 12.6 Å². The summed E-state index contributed by atoms with van der Waals surface area (Å²) >= 11 is 0. The van der Waals surface area contributed by atoms with Gasteiger partial charge in [0.2, 0.25) is 0 Å². The van der Waals surface area contributed by atoms with Crippen molar-refractivity contribution in [3.05, 3.63) is 0 Å². The standard InChI is InChI=1S/C23H42O11/c24-11-14-16(26)17(27)19(29)23(32-14)34-21-15(12-25)33-22(20(30)18(21)28)31-10-6-2-5-9-13-7-3-1-4-8-13/h13-30H,1-12H2/t14-,15+,16-,17-,18-,19-,20+,21-,22-,23+/m1/s1. The van der Waals surface area contributed by atoms with Crippen LogP contribution < -0.4 is 0 Å². The smallest absolute Gasteiger partial charge is 0.187 e. The molecule has 0 bridgehead atoms. The summed E-state index contributed by atoms with van der Waals surface area (Å²) in [5, 5.41) is 70.2. The molecule has 7 N–H and O–H groups in total. The second kappa shape index (κ2) is 13.8. The number of aliphatic hydroxyl groups is 7. The van der Waals surface area contributed by atoms with Crippen LogP contribution in [0.1, 0.15) is 57.8 Å². The Kier molecular flexibility index (Phi) is 11.4. The summed E-state index contributed by atoms with van der Waals surface area (Å²) < 4.78 is 22.1. The molecule has 10 atom stereocenters. The Bertz CT molecular complexity index is 571. The number of hydrogen-bond acceptors (Lipinski definition) is 11. The van der Waals surface area contributed by atoms with Crippen molar-refractivity contribution in [3.63, 3.8) is 0 Å². The van der Waals surface area contributed by atoms with E-state index in [1.165, 1.54) is 38.5 Å². The van der Waals surface area contributed by atoms with Crippen LogP contribution in [0.4, 0.5) is 0 Å². The molecule has 11 nitrogen and oxygen atoms in total. The fraction of sp³-hybridized carbons (Fsp3) is 1.00. The van der Waals surface area contributed by atoms with Crippen molar-refractivity contribution in [2.75, 3.05) is 19.8 Å². The predicted molar refractivity (Wildman–Crippen MR) is 117 cm³/mol. The van der Waals surface area contributed by atoms with Gasteiger partial charge in [-0.1, -0.05) is 51.4 Å². The molecule has 2 aliphatic heterocycles. The lowest BCUT2D eigenvalue weighted by molar-refractivity contribution is -0.359. The lowest BCUT2D eigenvalue weighted by Crippen LogP contribution is -2.64. The molecule has 2 heterocycles. The van der Waals surface area contributed by atoms with Gasteiger partial charge >= 0.3 is 0 Å². The topological polar surface area (TPSA) is 179 Å². The zero-order valence-electron chi connectivity index (χ0n) is 19.6. The maximum Gasteiger partial charge on any atom is 0.187 e. The van der Waals surface area contributed by atoms with Crippen molar-refractivity contribution >= 4 is 0 Å². The molecule has 1 aliphatic carbocycles. The summed E-state index contributed by atoms with van der Waals surface area (Å²) in [7, 11) is 0. The molecule has 3 aliphatic rings. The number of aliphatic hydroxyl groups excluding tert-OH is 7. The molecule has 34 heavy (non-hydrogen) atoms. The van der Waals surface area contributed by atoms with Gasteiger partial charge in [0, 0.05) is 6.61 Å². The van der Waals surface area contributed by atoms with Gasteiger partial charge in [-0.25, -0.2) is 0 Å². The number of unbranched alkanes of at least 4 members (excludes halogenated alkanes) is 2. The second-order valence-corrected chi connectivity index (χ2v) is 9.73. The van der Waals surface area contributed by atoms with Gasteiger partial charge in [-0.3, -0.25) is 0 Å². The molecule has 0 aromatic heterocycles. The Morgan fingerprint density at radius 3 is 1.97 bits per heavy atom. The minimum Gasteiger partial charge on any atom is -0.394 e. The van der Waals surface area contributed by atoms with Crippen molar-refractivity contribution < 1.29 is 54.7 Å². The molecule has 200 valence electrons. The molecule has 0 unspecified atom stereocenters. The average molecular weight is 495 g/mol. The highest BCUT2D eigenvalue weighted by atomic mass is 16.7. The molecule has 0 spiro atoms. The van der Waals surface area contributed by atoms with E-state index >= 15 is 0 Å². The van der Waals surface area contributed by atoms with E-state index in [1.54, 1.807) is 0 Å². The van der Waals surface area contributed by atoms with E-state index in [0.29, 0.717) is 6.61 Å². The zero-order chi connectivity index (χ0) is 24.7. The number of ether oxygens (including phenoxy) is 4. The van der Waals surface area contributed by atoms with Crippen LogP contribution in [0.25, 0.3) is 0 Å². The molecule has 0 aromatic rings. The second-order valence-electron chi connectivity index (χ2n) is 9.73. The molecule has 0 aromatic carbocycles. The monoisotopic (exact) mass is 494 g/mol. The van der Waals surface area contributed by atoms with Crippen LogP contribution in [0, 0.1) is 5.92 Å². The van der Waals surface area contributed by atoms with Crippen LogP contribution in [0.3, 0.4) is 0 Å². The Labute approximate surface area is 200 Å². The third kappa shape index (κ3) is 7.07. The maximum atomic E-state index is 10.6. The lowest BCUT2D eigenvalue weighted by Gasteiger charge is -2.45. The van der Waals surface area contributed by atoms with Crippen LogP contribution in [0.2, 0.25) is 0 Å². The Morgan fingerprint density at radius 2 is 1.29 bits per heavy atom. The fourth-order valence-corrected chi connectivity index (χ4v) is 5.08. The Morgan fingerprint density at radius 1 is 0.647 bits per heavy atom. The van der Waals surface area contributed by atoms with Crippen LogP contribution >= 0.6 is 0 Å². The van der Waals surface area contributed by atoms with E-state index in [-0.39, 0.29) is 0 Å². The number of hydrogen-bond donors (Lipinski definition) is 7. The molecule has 0 amide bonds. The molecular weight excluding hydrogens is 452 g/mol. The zero-order valence-corrected chi connectivity index (χ0v) is 19.6. The van der Waals surface area contributed by atoms with Gasteiger partial charge in [-0.15, -0.1) is 0 Å². The summed E-state index contributed by atoms with van der Waals surface area (Å²) in [4.78, 5) is 0. The average Bonchev–Trinajstić information content (AvgIpc) is 2.85. The largest absolute Gasteiger partial charge is 0.394 e. The quantitative estimate of drug-likeness (QED) is 0.171. The highest BCUT2D eigenvalue weighted by Gasteiger charge is 2.50. The van der Waals surface area contributed by atoms with Gasteiger partial charge in [0.1, 0.15) is 48.8 Å². The van der Waals surface area contributed by atoms with E-state index < -0.39 is 74.6 Å². The summed E-state index contributed by atoms with van der Waals surface area (Å²) in [5.74, 6) is 0.833. The van der Waals surface area contributed by atoms with Crippen LogP contribution in [-0.2, 0) is 18.9 Å². The fourth-order valence-electron chi connectivity index (χ4n) is 5.08. The molecule has 0 radical (unpaired) electrons. The Balaban J connectivity index is 1.45. The van der Waals surface area contributed by atoms with Crippen molar-refractivity contribution in [1.29, 1.82) is 0 Å². The van der Waals surface area contributed by atoms with E-state index in [9.17, 15) is 35.7 Å². The number of rotatable bonds is 11. The highest BCUT2D eigenvalue weighted by molar-refractivity contribution is 4.94. The first-order chi connectivity index (χ1) is 16.4. The van der Waals surface area contributed by atoms with Crippen molar-refractivity contribution in [2.45, 2.75) is 119 Å². The Hall–Kier alpha value is -0.440. The van der Waals surface area contributed by atoms with Crippen molar-refractivity contribution in [3.8, 4) is 0 Å². The third-order valence-electron chi connectivity index (χ3n) is 7.22. The van der Waals surface area contributed by atoms with Crippen LogP contribution in [-0.4, -0.2) is 117 Å². The van der Waals surface area contributed by atoms with Gasteiger partial charge in [-0.05, 0) is 12.3 Å². The lowest BCUT2D eigenvalue weighted by atomic mass is 9.86. The highest BCUT2D eigenvalue weighted by Crippen LogP contribution is 2.30.